The second-order valence-corrected chi connectivity index (χ2v) is 7.31. The Hall–Kier alpha value is -2.60. The lowest BCUT2D eigenvalue weighted by atomic mass is 9.95. The van der Waals surface area contributed by atoms with Gasteiger partial charge in [0.2, 0.25) is 0 Å². The minimum absolute atomic E-state index is 0.0405. The fourth-order valence-electron chi connectivity index (χ4n) is 3.61. The van der Waals surface area contributed by atoms with Gasteiger partial charge in [0.05, 0.1) is 5.02 Å². The van der Waals surface area contributed by atoms with Gasteiger partial charge in [-0.15, -0.1) is 0 Å². The van der Waals surface area contributed by atoms with Crippen LogP contribution in [0.15, 0.2) is 47.2 Å². The van der Waals surface area contributed by atoms with E-state index in [1.165, 1.54) is 0 Å². The highest BCUT2D eigenvalue weighted by Crippen LogP contribution is 2.32. The highest BCUT2D eigenvalue weighted by molar-refractivity contribution is 6.33. The summed E-state index contributed by atoms with van der Waals surface area (Å²) in [5, 5.41) is 8.94. The van der Waals surface area contributed by atoms with E-state index in [4.69, 9.17) is 16.1 Å². The highest BCUT2D eigenvalue weighted by atomic mass is 35.5. The van der Waals surface area contributed by atoms with E-state index in [9.17, 15) is 4.79 Å². The van der Waals surface area contributed by atoms with Crippen molar-refractivity contribution in [1.29, 1.82) is 0 Å². The minimum Gasteiger partial charge on any atom is -0.360 e. The van der Waals surface area contributed by atoms with Crippen molar-refractivity contribution in [3.8, 4) is 11.3 Å². The number of nitrogens with zero attached hydrogens (tertiary/aromatic N) is 4. The number of likely N-dealkylation sites (tertiary alicyclic amines) is 1. The van der Waals surface area contributed by atoms with Crippen molar-refractivity contribution in [2.24, 2.45) is 5.92 Å². The van der Waals surface area contributed by atoms with Crippen molar-refractivity contribution in [3.05, 3.63) is 59.1 Å². The molecule has 1 saturated heterocycles. The van der Waals surface area contributed by atoms with Crippen LogP contribution in [-0.2, 0) is 6.54 Å². The quantitative estimate of drug-likeness (QED) is 0.680. The number of piperidine rings is 1. The molecule has 1 aliphatic heterocycles. The number of halogens is 1. The number of hydrogen-bond donors (Lipinski definition) is 0. The number of hydrogen-bond acceptors (Lipinski definition) is 4. The molecule has 3 heterocycles. The van der Waals surface area contributed by atoms with Crippen molar-refractivity contribution in [1.82, 2.24) is 19.8 Å². The lowest BCUT2D eigenvalue weighted by Crippen LogP contribution is -2.39. The summed E-state index contributed by atoms with van der Waals surface area (Å²) >= 11 is 6.30. The van der Waals surface area contributed by atoms with E-state index in [-0.39, 0.29) is 5.91 Å². The summed E-state index contributed by atoms with van der Waals surface area (Å²) in [6, 6.07) is 9.30. The third-order valence-electron chi connectivity index (χ3n) is 5.11. The van der Waals surface area contributed by atoms with E-state index in [0.29, 0.717) is 33.5 Å². The van der Waals surface area contributed by atoms with Crippen LogP contribution in [0.25, 0.3) is 11.3 Å². The fraction of sp³-hybridized carbons (Fsp3) is 0.350. The monoisotopic (exact) mass is 384 g/mol. The Morgan fingerprint density at radius 2 is 2.04 bits per heavy atom. The number of aryl methyl sites for hydroxylation is 1. The standard InChI is InChI=1S/C20H21ClN4O2/c1-14-18(19(23-27-14)16-5-2-3-6-17(16)21)20(26)24-11-7-15(8-12-24)13-25-10-4-9-22-25/h2-6,9-10,15H,7-8,11-13H2,1H3. The zero-order chi connectivity index (χ0) is 18.8. The maximum absolute atomic E-state index is 13.2. The molecule has 3 aromatic rings. The first kappa shape index (κ1) is 17.8. The van der Waals surface area contributed by atoms with Gasteiger partial charge in [-0.3, -0.25) is 9.48 Å². The lowest BCUT2D eigenvalue weighted by Gasteiger charge is -2.32. The minimum atomic E-state index is -0.0405. The molecule has 2 aromatic heterocycles. The molecule has 0 bridgehead atoms. The molecule has 0 unspecified atom stereocenters. The molecule has 1 amide bonds. The number of carbonyl (C=O) groups is 1. The number of carbonyl (C=O) groups excluding carboxylic acids is 1. The number of amides is 1. The third-order valence-corrected chi connectivity index (χ3v) is 5.44. The lowest BCUT2D eigenvalue weighted by molar-refractivity contribution is 0.0680. The zero-order valence-electron chi connectivity index (χ0n) is 15.1. The molecule has 7 heteroatoms. The van der Waals surface area contributed by atoms with E-state index < -0.39 is 0 Å². The molecule has 1 fully saturated rings. The second kappa shape index (κ2) is 7.56. The molecule has 0 atom stereocenters. The SMILES string of the molecule is Cc1onc(-c2ccccc2Cl)c1C(=O)N1CCC(Cn2cccn2)CC1. The highest BCUT2D eigenvalue weighted by Gasteiger charge is 2.29. The topological polar surface area (TPSA) is 64.2 Å². The zero-order valence-corrected chi connectivity index (χ0v) is 15.9. The van der Waals surface area contributed by atoms with Crippen LogP contribution in [0, 0.1) is 12.8 Å². The molecule has 6 nitrogen and oxygen atoms in total. The fourth-order valence-corrected chi connectivity index (χ4v) is 3.84. The first-order chi connectivity index (χ1) is 13.1. The van der Waals surface area contributed by atoms with Crippen molar-refractivity contribution in [2.45, 2.75) is 26.3 Å². The molecular formula is C20H21ClN4O2. The van der Waals surface area contributed by atoms with Gasteiger partial charge in [0.15, 0.2) is 0 Å². The second-order valence-electron chi connectivity index (χ2n) is 6.91. The molecular weight excluding hydrogens is 364 g/mol. The Labute approximate surface area is 162 Å². The van der Waals surface area contributed by atoms with Crippen LogP contribution >= 0.6 is 11.6 Å². The summed E-state index contributed by atoms with van der Waals surface area (Å²) in [6.07, 6.45) is 5.69. The Balaban J connectivity index is 1.50. The molecule has 140 valence electrons. The molecule has 0 aliphatic carbocycles. The maximum atomic E-state index is 13.2. The molecule has 1 aromatic carbocycles. The van der Waals surface area contributed by atoms with E-state index in [1.807, 2.05) is 40.0 Å². The van der Waals surface area contributed by atoms with Crippen molar-refractivity contribution >= 4 is 17.5 Å². The van der Waals surface area contributed by atoms with Gasteiger partial charge in [-0.25, -0.2) is 0 Å². The number of benzene rings is 1. The van der Waals surface area contributed by atoms with Crippen LogP contribution in [-0.4, -0.2) is 38.8 Å². The summed E-state index contributed by atoms with van der Waals surface area (Å²) in [5.41, 5.74) is 1.74. The molecule has 27 heavy (non-hydrogen) atoms. The maximum Gasteiger partial charge on any atom is 0.259 e. The van der Waals surface area contributed by atoms with Crippen LogP contribution in [0.4, 0.5) is 0 Å². The van der Waals surface area contributed by atoms with Crippen molar-refractivity contribution in [2.75, 3.05) is 13.1 Å². The molecule has 0 N–H and O–H groups in total. The molecule has 0 saturated carbocycles. The summed E-state index contributed by atoms with van der Waals surface area (Å²) in [5.74, 6) is 1.01. The molecule has 0 spiro atoms. The van der Waals surface area contributed by atoms with Crippen molar-refractivity contribution in [3.63, 3.8) is 0 Å². The van der Waals surface area contributed by atoms with Gasteiger partial charge < -0.3 is 9.42 Å². The van der Waals surface area contributed by atoms with E-state index >= 15 is 0 Å². The molecule has 0 radical (unpaired) electrons. The van der Waals surface area contributed by atoms with Gasteiger partial charge in [-0.05, 0) is 37.8 Å². The Morgan fingerprint density at radius 3 is 2.74 bits per heavy atom. The van der Waals surface area contributed by atoms with Crippen LogP contribution < -0.4 is 0 Å². The van der Waals surface area contributed by atoms with E-state index in [1.54, 1.807) is 19.2 Å². The summed E-state index contributed by atoms with van der Waals surface area (Å²) in [6.45, 7) is 4.10. The Morgan fingerprint density at radius 1 is 1.26 bits per heavy atom. The third kappa shape index (κ3) is 3.62. The summed E-state index contributed by atoms with van der Waals surface area (Å²) in [7, 11) is 0. The molecule has 1 aliphatic rings. The van der Waals surface area contributed by atoms with Crippen LogP contribution in [0.3, 0.4) is 0 Å². The van der Waals surface area contributed by atoms with Gasteiger partial charge in [0.25, 0.3) is 5.91 Å². The Kier molecular flexibility index (Phi) is 4.99. The Bertz CT molecular complexity index is 927. The van der Waals surface area contributed by atoms with Gasteiger partial charge in [0.1, 0.15) is 17.0 Å². The first-order valence-corrected chi connectivity index (χ1v) is 9.49. The van der Waals surface area contributed by atoms with Crippen LogP contribution in [0.2, 0.25) is 5.02 Å². The molecule has 4 rings (SSSR count). The average Bonchev–Trinajstić information content (AvgIpc) is 3.32. The normalized spacial score (nSPS) is 15.3. The van der Waals surface area contributed by atoms with Crippen LogP contribution in [0.5, 0.6) is 0 Å². The van der Waals surface area contributed by atoms with E-state index in [2.05, 4.69) is 10.3 Å². The smallest absolute Gasteiger partial charge is 0.259 e. The predicted octanol–water partition coefficient (Wildman–Crippen LogP) is 4.05. The number of aromatic nitrogens is 3. The van der Waals surface area contributed by atoms with Gasteiger partial charge in [0, 0.05) is 37.6 Å². The van der Waals surface area contributed by atoms with Gasteiger partial charge >= 0.3 is 0 Å². The largest absolute Gasteiger partial charge is 0.360 e. The first-order valence-electron chi connectivity index (χ1n) is 9.11. The summed E-state index contributed by atoms with van der Waals surface area (Å²) in [4.78, 5) is 15.1. The van der Waals surface area contributed by atoms with Crippen LogP contribution in [0.1, 0.15) is 29.0 Å². The van der Waals surface area contributed by atoms with Crippen molar-refractivity contribution < 1.29 is 9.32 Å². The average molecular weight is 385 g/mol. The van der Waals surface area contributed by atoms with Gasteiger partial charge in [-0.2, -0.15) is 5.10 Å². The van der Waals surface area contributed by atoms with E-state index in [0.717, 1.165) is 32.5 Å². The summed E-state index contributed by atoms with van der Waals surface area (Å²) < 4.78 is 7.30. The predicted molar refractivity (Wildman–Crippen MR) is 103 cm³/mol. The number of rotatable bonds is 4. The van der Waals surface area contributed by atoms with Gasteiger partial charge in [-0.1, -0.05) is 35.0 Å².